The average molecular weight is 1230 g/mol. The van der Waals surface area contributed by atoms with Crippen LogP contribution < -0.4 is 49.0 Å². The van der Waals surface area contributed by atoms with Gasteiger partial charge in [0.05, 0.1) is 169 Å². The van der Waals surface area contributed by atoms with Gasteiger partial charge in [0.1, 0.15) is 11.8 Å². The van der Waals surface area contributed by atoms with Crippen molar-refractivity contribution in [3.63, 3.8) is 0 Å². The first-order chi connectivity index (χ1) is 42.0. The molecule has 31 nitrogen and oxygen atoms in total. The number of carbonyl (C=O) groups is 5. The number of unbranched alkanes of at least 4 members (excludes halogenated alkanes) is 1. The van der Waals surface area contributed by atoms with Gasteiger partial charge >= 0.3 is 12.0 Å². The lowest BCUT2D eigenvalue weighted by atomic mass is 10.0. The number of nitrogen functional groups attached to an aromatic ring is 1. The predicted molar refractivity (Wildman–Crippen MR) is 317 cm³/mol. The molecular weight excluding hydrogens is 1150 g/mol. The summed E-state index contributed by atoms with van der Waals surface area (Å²) in [6.45, 7) is 8.73. The number of hydrazone groups is 1. The zero-order valence-corrected chi connectivity index (χ0v) is 49.3. The number of carboxylic acids is 1. The van der Waals surface area contributed by atoms with E-state index in [-0.39, 0.29) is 91.7 Å². The summed E-state index contributed by atoms with van der Waals surface area (Å²) in [5.41, 5.74) is 7.00. The van der Waals surface area contributed by atoms with E-state index in [0.717, 1.165) is 25.0 Å². The smallest absolute Gasteiger partial charge is 0.326 e. The van der Waals surface area contributed by atoms with Crippen LogP contribution in [0.2, 0.25) is 0 Å². The van der Waals surface area contributed by atoms with Crippen molar-refractivity contribution in [3.05, 3.63) is 52.1 Å². The highest BCUT2D eigenvalue weighted by atomic mass is 32.2. The highest BCUT2D eigenvalue weighted by Gasteiger charge is 2.42. The van der Waals surface area contributed by atoms with Crippen molar-refractivity contribution in [2.24, 2.45) is 15.9 Å². The fraction of sp³-hybridized carbons (Fsp3) is 0.648. The molecule has 478 valence electrons. The Bertz CT molecular complexity index is 2590. The van der Waals surface area contributed by atoms with E-state index in [1.807, 2.05) is 11.8 Å². The van der Waals surface area contributed by atoms with Gasteiger partial charge in [0.25, 0.3) is 11.5 Å². The number of benzene rings is 1. The molecule has 86 heavy (non-hydrogen) atoms. The summed E-state index contributed by atoms with van der Waals surface area (Å²) in [6, 6.07) is 5.34. The maximum absolute atomic E-state index is 12.8. The number of aliphatic imine (C=N–C) groups is 1. The lowest BCUT2D eigenvalue weighted by Crippen LogP contribution is -2.41. The van der Waals surface area contributed by atoms with Gasteiger partial charge in [-0.05, 0) is 43.5 Å². The zero-order valence-electron chi connectivity index (χ0n) is 48.5. The Morgan fingerprint density at radius 3 is 1.86 bits per heavy atom. The van der Waals surface area contributed by atoms with Crippen molar-refractivity contribution < 1.29 is 76.4 Å². The minimum absolute atomic E-state index is 0.0148. The number of fused-ring (bicyclic) bond motifs is 2. The molecule has 0 unspecified atom stereocenters. The van der Waals surface area contributed by atoms with Crippen molar-refractivity contribution in [2.75, 3.05) is 169 Å². The van der Waals surface area contributed by atoms with E-state index < -0.39 is 23.5 Å². The minimum Gasteiger partial charge on any atom is -0.480 e. The first kappa shape index (κ1) is 70.0. The van der Waals surface area contributed by atoms with Gasteiger partial charge in [-0.1, -0.05) is 6.42 Å². The van der Waals surface area contributed by atoms with Gasteiger partial charge in [-0.15, -0.1) is 0 Å². The first-order valence-electron chi connectivity index (χ1n) is 28.6. The Balaban J connectivity index is 0.696. The monoisotopic (exact) mass is 1230 g/mol. The number of aliphatic carboxylic acids is 1. The van der Waals surface area contributed by atoms with Crippen LogP contribution in [0.4, 0.5) is 16.4 Å². The van der Waals surface area contributed by atoms with E-state index in [2.05, 4.69) is 61.9 Å². The quantitative estimate of drug-likeness (QED) is 0.0111. The number of nitrogens with zero attached hydrogens (tertiary/aromatic N) is 5. The number of thioether (sulfide) groups is 1. The van der Waals surface area contributed by atoms with Crippen LogP contribution in [-0.4, -0.2) is 248 Å². The fourth-order valence-electron chi connectivity index (χ4n) is 8.17. The Hall–Kier alpha value is -6.72. The van der Waals surface area contributed by atoms with Gasteiger partial charge in [-0.25, -0.2) is 19.6 Å². The second-order valence-electron chi connectivity index (χ2n) is 19.1. The van der Waals surface area contributed by atoms with Crippen LogP contribution in [-0.2, 0) is 68.3 Å². The molecule has 1 aromatic carbocycles. The van der Waals surface area contributed by atoms with E-state index in [0.29, 0.717) is 161 Å². The molecule has 4 atom stereocenters. The molecular formula is C54H84N14O17S. The van der Waals surface area contributed by atoms with Crippen LogP contribution in [0.25, 0.3) is 11.2 Å². The van der Waals surface area contributed by atoms with Crippen LogP contribution in [0, 0.1) is 0 Å². The third kappa shape index (κ3) is 29.6. The number of hydrogen-bond acceptors (Lipinski definition) is 25. The largest absolute Gasteiger partial charge is 0.480 e. The van der Waals surface area contributed by atoms with Gasteiger partial charge < -0.3 is 96.0 Å². The highest BCUT2D eigenvalue weighted by molar-refractivity contribution is 8.00. The number of hydrogen-bond donors (Lipinski definition) is 10. The van der Waals surface area contributed by atoms with Crippen molar-refractivity contribution >= 4 is 76.2 Å². The molecule has 2 aromatic heterocycles. The Morgan fingerprint density at radius 2 is 1.28 bits per heavy atom. The number of ether oxygens (including phenoxy) is 10. The van der Waals surface area contributed by atoms with Gasteiger partial charge in [-0.2, -0.15) is 21.8 Å². The molecule has 32 heteroatoms. The first-order valence-corrected chi connectivity index (χ1v) is 29.7. The molecule has 0 radical (unpaired) electrons. The topological polar surface area (TPSA) is 418 Å². The average Bonchev–Trinajstić information content (AvgIpc) is 2.71. The molecule has 2 aliphatic heterocycles. The number of rotatable bonds is 50. The molecule has 3 aromatic rings. The summed E-state index contributed by atoms with van der Waals surface area (Å²) in [5, 5.41) is 30.9. The molecule has 2 aliphatic rings. The van der Waals surface area contributed by atoms with E-state index in [4.69, 9.17) is 58.9 Å². The number of urea groups is 1. The summed E-state index contributed by atoms with van der Waals surface area (Å²) in [7, 11) is 0. The summed E-state index contributed by atoms with van der Waals surface area (Å²) >= 11 is 1.89. The van der Waals surface area contributed by atoms with E-state index in [1.165, 1.54) is 18.3 Å². The van der Waals surface area contributed by atoms with Crippen molar-refractivity contribution in [1.29, 1.82) is 0 Å². The van der Waals surface area contributed by atoms with Crippen molar-refractivity contribution in [3.8, 4) is 0 Å². The highest BCUT2D eigenvalue weighted by Crippen LogP contribution is 2.33. The number of nitrogens with one attached hydrogen (secondary N) is 7. The van der Waals surface area contributed by atoms with Crippen LogP contribution in [0.5, 0.6) is 0 Å². The summed E-state index contributed by atoms with van der Waals surface area (Å²) in [6.07, 6.45) is 5.99. The molecule has 5 amide bonds. The van der Waals surface area contributed by atoms with Crippen LogP contribution in [0.3, 0.4) is 0 Å². The third-order valence-electron chi connectivity index (χ3n) is 12.6. The Kier molecular flexibility index (Phi) is 35.0. The number of amides is 5. The summed E-state index contributed by atoms with van der Waals surface area (Å²) in [4.78, 5) is 91.8. The van der Waals surface area contributed by atoms with Crippen molar-refractivity contribution in [2.45, 2.75) is 68.4 Å². The third-order valence-corrected chi connectivity index (χ3v) is 14.1. The zero-order chi connectivity index (χ0) is 61.2. The number of aromatic amines is 1. The standard InChI is InChI=1S/C54H84N14O17S/c55-53-66-49-48(51(72)67-53)62-40(35-61-49)34-60-39-7-5-38(6-8-39)50(71)63-42(52(73)74)9-10-46(70)59-13-16-78-19-20-79-21-22-80-23-24-81-25-26-82-27-28-83-29-30-84-31-32-85-36-41(68-56)33-57-11-14-76-17-18-77-15-12-58-45(69)4-2-1-3-44-47-43(37-86-44)64-54(75)65-47/h5-8,33,35,42-44,47,60H,1-4,9-32,34,36-37,56H2,(H,58,69)(H,59,70)(H,63,71)(H,73,74)(H2,64,65,75)(H3,55,61,66,67,72)/b57-33?,68-41+/t42-,43-,44-,47-/m0/s1. The molecule has 12 N–H and O–H groups in total. The molecule has 0 aliphatic carbocycles. The molecule has 2 fully saturated rings. The normalized spacial score (nSPS) is 16.0. The number of carbonyl (C=O) groups excluding carboxylic acids is 4. The van der Waals surface area contributed by atoms with E-state index in [9.17, 15) is 33.9 Å². The number of anilines is 2. The summed E-state index contributed by atoms with van der Waals surface area (Å²) < 4.78 is 55.2. The molecule has 2 saturated heterocycles. The maximum Gasteiger partial charge on any atom is 0.326 e. The van der Waals surface area contributed by atoms with Crippen molar-refractivity contribution in [1.82, 2.24) is 46.5 Å². The minimum atomic E-state index is -1.29. The maximum atomic E-state index is 12.8. The Labute approximate surface area is 502 Å². The molecule has 0 bridgehead atoms. The van der Waals surface area contributed by atoms with Gasteiger partial charge in [-0.3, -0.25) is 29.2 Å². The molecule has 4 heterocycles. The number of H-pyrrole nitrogens is 1. The van der Waals surface area contributed by atoms with Gasteiger partial charge in [0.2, 0.25) is 17.8 Å². The summed E-state index contributed by atoms with van der Waals surface area (Å²) in [5.74, 6) is 4.07. The molecule has 5 rings (SSSR count). The fourth-order valence-corrected chi connectivity index (χ4v) is 9.72. The lowest BCUT2D eigenvalue weighted by Gasteiger charge is -2.16. The number of carboxylic acid groups (broad SMARTS) is 1. The Morgan fingerprint density at radius 1 is 0.721 bits per heavy atom. The number of nitrogens with two attached hydrogens (primary N) is 2. The van der Waals surface area contributed by atoms with E-state index >= 15 is 0 Å². The lowest BCUT2D eigenvalue weighted by molar-refractivity contribution is -0.139. The predicted octanol–water partition coefficient (Wildman–Crippen LogP) is -0.620. The van der Waals surface area contributed by atoms with Crippen LogP contribution in [0.15, 0.2) is 45.4 Å². The van der Waals surface area contributed by atoms with Gasteiger partial charge in [0.15, 0.2) is 11.2 Å². The second kappa shape index (κ2) is 43.0. The molecule has 0 saturated carbocycles. The SMILES string of the molecule is N/N=C(\C=NCCOCCOCCNC(=O)CCCC[C@@H]1SC[C@@H]2NC(=O)N[C@@H]21)COCCOCCOCCOCCOCCOCCOCCOCCNC(=O)CC[C@H](NC(=O)c1ccc(NCc2cnc3nc(N)[nH]c(=O)c3n2)cc1)C(=O)O. The van der Waals surface area contributed by atoms with Crippen LogP contribution >= 0.6 is 11.8 Å². The van der Waals surface area contributed by atoms with Crippen LogP contribution in [0.1, 0.15) is 54.6 Å². The van der Waals surface area contributed by atoms with Gasteiger partial charge in [0, 0.05) is 54.4 Å². The number of aromatic nitrogens is 4. The second-order valence-corrected chi connectivity index (χ2v) is 20.4. The molecule has 0 spiro atoms. The van der Waals surface area contributed by atoms with E-state index in [1.54, 1.807) is 18.3 Å².